The molecule has 0 aliphatic carbocycles. The fraction of sp³-hybridized carbons (Fsp3) is 0.267. The Morgan fingerprint density at radius 3 is 2.75 bits per heavy atom. The number of nitrogens with zero attached hydrogens (tertiary/aromatic N) is 1. The molecule has 0 radical (unpaired) electrons. The molecule has 1 heterocycles. The van der Waals surface area contributed by atoms with Gasteiger partial charge >= 0.3 is 0 Å². The van der Waals surface area contributed by atoms with Crippen LogP contribution in [-0.4, -0.2) is 23.3 Å². The first-order valence-corrected chi connectivity index (χ1v) is 6.99. The summed E-state index contributed by atoms with van der Waals surface area (Å²) in [6, 6.07) is 8.42. The summed E-state index contributed by atoms with van der Waals surface area (Å²) in [5.74, 6) is 0.219. The van der Waals surface area contributed by atoms with Gasteiger partial charge in [-0.1, -0.05) is 18.2 Å². The molecule has 2 aromatic rings. The van der Waals surface area contributed by atoms with Gasteiger partial charge in [0.2, 0.25) is 5.88 Å². The lowest BCUT2D eigenvalue weighted by molar-refractivity contribution is 0.175. The highest BCUT2D eigenvalue weighted by Gasteiger charge is 2.12. The summed E-state index contributed by atoms with van der Waals surface area (Å²) in [6.07, 6.45) is 1.91. The van der Waals surface area contributed by atoms with Crippen LogP contribution in [0.3, 0.4) is 0 Å². The zero-order valence-electron chi connectivity index (χ0n) is 11.0. The highest BCUT2D eigenvalue weighted by atomic mass is 79.9. The molecule has 0 aliphatic heterocycles. The largest absolute Gasteiger partial charge is 0.481 e. The number of hydrogen-bond acceptors (Lipinski definition) is 3. The minimum atomic E-state index is -0.594. The Kier molecular flexibility index (Phi) is 5.09. The Labute approximate surface area is 125 Å². The second kappa shape index (κ2) is 6.81. The van der Waals surface area contributed by atoms with Crippen molar-refractivity contribution in [1.29, 1.82) is 0 Å². The predicted molar refractivity (Wildman–Crippen MR) is 78.3 cm³/mol. The molecule has 0 amide bonds. The Morgan fingerprint density at radius 1 is 1.30 bits per heavy atom. The van der Waals surface area contributed by atoms with Gasteiger partial charge in [0.25, 0.3) is 0 Å². The highest BCUT2D eigenvalue weighted by Crippen LogP contribution is 2.22. The molecule has 1 aromatic heterocycles. The van der Waals surface area contributed by atoms with Crippen LogP contribution >= 0.6 is 15.9 Å². The Bertz CT molecular complexity index is 575. The van der Waals surface area contributed by atoms with E-state index in [1.54, 1.807) is 31.5 Å². The molecule has 1 N–H and O–H groups in total. The molecule has 1 aromatic carbocycles. The fourth-order valence-electron chi connectivity index (χ4n) is 1.96. The predicted octanol–water partition coefficient (Wildman–Crippen LogP) is 3.14. The Hall–Kier alpha value is -1.46. The quantitative estimate of drug-likeness (QED) is 0.909. The molecule has 0 spiro atoms. The molecule has 1 unspecified atom stereocenters. The molecule has 0 saturated carbocycles. The second-order valence-corrected chi connectivity index (χ2v) is 5.28. The normalized spacial score (nSPS) is 12.2. The van der Waals surface area contributed by atoms with Crippen molar-refractivity contribution in [1.82, 2.24) is 4.98 Å². The molecule has 20 heavy (non-hydrogen) atoms. The van der Waals surface area contributed by atoms with Gasteiger partial charge in [-0.2, -0.15) is 0 Å². The van der Waals surface area contributed by atoms with Crippen LogP contribution in [0.15, 0.2) is 41.0 Å². The van der Waals surface area contributed by atoms with Crippen molar-refractivity contribution in [2.24, 2.45) is 0 Å². The molecule has 1 atom stereocenters. The monoisotopic (exact) mass is 339 g/mol. The number of rotatable bonds is 5. The van der Waals surface area contributed by atoms with E-state index < -0.39 is 6.10 Å². The maximum atomic E-state index is 13.4. The first-order valence-electron chi connectivity index (χ1n) is 6.20. The summed E-state index contributed by atoms with van der Waals surface area (Å²) in [4.78, 5) is 4.09. The minimum Gasteiger partial charge on any atom is -0.481 e. The number of aliphatic hydroxyl groups is 1. The molecule has 0 saturated heterocycles. The van der Waals surface area contributed by atoms with E-state index in [4.69, 9.17) is 4.74 Å². The average molecular weight is 340 g/mol. The number of methoxy groups -OCH3 is 1. The fourth-order valence-corrected chi connectivity index (χ4v) is 2.38. The van der Waals surface area contributed by atoms with Crippen molar-refractivity contribution in [2.75, 3.05) is 7.11 Å². The highest BCUT2D eigenvalue weighted by molar-refractivity contribution is 9.10. The van der Waals surface area contributed by atoms with Crippen LogP contribution in [-0.2, 0) is 12.8 Å². The van der Waals surface area contributed by atoms with Gasteiger partial charge in [-0.3, -0.25) is 0 Å². The number of ether oxygens (including phenoxy) is 1. The van der Waals surface area contributed by atoms with E-state index in [2.05, 4.69) is 20.9 Å². The van der Waals surface area contributed by atoms with Gasteiger partial charge in [-0.05, 0) is 39.5 Å². The lowest BCUT2D eigenvalue weighted by Gasteiger charge is -2.12. The van der Waals surface area contributed by atoms with Gasteiger partial charge in [0.15, 0.2) is 0 Å². The first kappa shape index (κ1) is 14.9. The number of pyridine rings is 1. The maximum absolute atomic E-state index is 13.4. The molecule has 3 nitrogen and oxygen atoms in total. The van der Waals surface area contributed by atoms with Crippen molar-refractivity contribution < 1.29 is 14.2 Å². The van der Waals surface area contributed by atoms with Crippen molar-refractivity contribution in [3.05, 3.63) is 57.9 Å². The standard InChI is InChI=1S/C15H15BrFNO2/c1-20-14-6-5-10(9-18-14)7-12(19)8-11-3-2-4-13(17)15(11)16/h2-6,9,12,19H,7-8H2,1H3. The Balaban J connectivity index is 2.01. The summed E-state index contributed by atoms with van der Waals surface area (Å²) in [5.41, 5.74) is 1.66. The molecular formula is C15H15BrFNO2. The van der Waals surface area contributed by atoms with Gasteiger partial charge in [0, 0.05) is 18.7 Å². The summed E-state index contributed by atoms with van der Waals surface area (Å²) < 4.78 is 18.8. The molecule has 2 rings (SSSR count). The second-order valence-electron chi connectivity index (χ2n) is 4.48. The SMILES string of the molecule is COc1ccc(CC(O)Cc2cccc(F)c2Br)cn1. The molecule has 106 valence electrons. The van der Waals surface area contributed by atoms with Gasteiger partial charge in [0.1, 0.15) is 5.82 Å². The van der Waals surface area contributed by atoms with Crippen LogP contribution in [0, 0.1) is 5.82 Å². The summed E-state index contributed by atoms with van der Waals surface area (Å²) >= 11 is 3.20. The van der Waals surface area contributed by atoms with Crippen molar-refractivity contribution in [3.8, 4) is 5.88 Å². The van der Waals surface area contributed by atoms with Gasteiger partial charge in [-0.25, -0.2) is 9.37 Å². The first-order chi connectivity index (χ1) is 9.60. The van der Waals surface area contributed by atoms with Crippen molar-refractivity contribution in [2.45, 2.75) is 18.9 Å². The van der Waals surface area contributed by atoms with Crippen LogP contribution in [0.4, 0.5) is 4.39 Å². The van der Waals surface area contributed by atoms with E-state index in [1.165, 1.54) is 6.07 Å². The zero-order chi connectivity index (χ0) is 14.5. The van der Waals surface area contributed by atoms with Crippen LogP contribution < -0.4 is 4.74 Å². The Morgan fingerprint density at radius 2 is 2.10 bits per heavy atom. The lowest BCUT2D eigenvalue weighted by Crippen LogP contribution is -2.14. The van der Waals surface area contributed by atoms with E-state index >= 15 is 0 Å². The van der Waals surface area contributed by atoms with Gasteiger partial charge in [-0.15, -0.1) is 0 Å². The average Bonchev–Trinajstić information content (AvgIpc) is 2.45. The minimum absolute atomic E-state index is 0.319. The van der Waals surface area contributed by atoms with Gasteiger partial charge < -0.3 is 9.84 Å². The number of benzene rings is 1. The van der Waals surface area contributed by atoms with E-state index in [-0.39, 0.29) is 5.82 Å². The maximum Gasteiger partial charge on any atom is 0.212 e. The summed E-state index contributed by atoms with van der Waals surface area (Å²) in [7, 11) is 1.55. The summed E-state index contributed by atoms with van der Waals surface area (Å²) in [5, 5.41) is 10.1. The molecule has 5 heteroatoms. The lowest BCUT2D eigenvalue weighted by atomic mass is 10.0. The molecule has 0 fully saturated rings. The molecular weight excluding hydrogens is 325 g/mol. The number of halogens is 2. The van der Waals surface area contributed by atoms with Crippen LogP contribution in [0.2, 0.25) is 0 Å². The van der Waals surface area contributed by atoms with Gasteiger partial charge in [0.05, 0.1) is 17.7 Å². The van der Waals surface area contributed by atoms with E-state index in [9.17, 15) is 9.50 Å². The topological polar surface area (TPSA) is 42.4 Å². The van der Waals surface area contributed by atoms with E-state index in [0.717, 1.165) is 11.1 Å². The van der Waals surface area contributed by atoms with Crippen LogP contribution in [0.1, 0.15) is 11.1 Å². The summed E-state index contributed by atoms with van der Waals surface area (Å²) in [6.45, 7) is 0. The smallest absolute Gasteiger partial charge is 0.212 e. The zero-order valence-corrected chi connectivity index (χ0v) is 12.6. The van der Waals surface area contributed by atoms with E-state index in [1.807, 2.05) is 6.07 Å². The van der Waals surface area contributed by atoms with Crippen LogP contribution in [0.5, 0.6) is 5.88 Å². The van der Waals surface area contributed by atoms with Crippen molar-refractivity contribution >= 4 is 15.9 Å². The third-order valence-electron chi connectivity index (χ3n) is 2.97. The number of hydrogen-bond donors (Lipinski definition) is 1. The number of aliphatic hydroxyl groups excluding tert-OH is 1. The van der Waals surface area contributed by atoms with Crippen LogP contribution in [0.25, 0.3) is 0 Å². The third kappa shape index (κ3) is 3.77. The van der Waals surface area contributed by atoms with E-state index in [0.29, 0.717) is 23.2 Å². The molecule has 0 aliphatic rings. The third-order valence-corrected chi connectivity index (χ3v) is 3.85. The molecule has 0 bridgehead atoms. The van der Waals surface area contributed by atoms with Crippen molar-refractivity contribution in [3.63, 3.8) is 0 Å². The number of aromatic nitrogens is 1.